The number of aromatic nitrogens is 1. The molecule has 0 spiro atoms. The molecule has 0 aliphatic heterocycles. The monoisotopic (exact) mass is 298 g/mol. The van der Waals surface area contributed by atoms with Crippen molar-refractivity contribution in [1.29, 1.82) is 0 Å². The smallest absolute Gasteiger partial charge is 0.186 e. The summed E-state index contributed by atoms with van der Waals surface area (Å²) >= 11 is 1.83. The summed E-state index contributed by atoms with van der Waals surface area (Å²) in [5.41, 5.74) is 1.16. The normalized spacial score (nSPS) is 14.6. The highest BCUT2D eigenvalue weighted by molar-refractivity contribution is 7.15. The third kappa shape index (κ3) is 4.43. The predicted molar refractivity (Wildman–Crippen MR) is 90.0 cm³/mol. The van der Waals surface area contributed by atoms with Crippen molar-refractivity contribution in [1.82, 2.24) is 15.2 Å². The Kier molecular flexibility index (Phi) is 6.92. The fourth-order valence-electron chi connectivity index (χ4n) is 2.58. The van der Waals surface area contributed by atoms with Crippen molar-refractivity contribution in [3.8, 4) is 0 Å². The van der Waals surface area contributed by atoms with Crippen molar-refractivity contribution in [2.45, 2.75) is 46.7 Å². The average Bonchev–Trinajstić information content (AvgIpc) is 2.71. The molecule has 2 atom stereocenters. The fraction of sp³-hybridized carbons (Fsp3) is 0.800. The molecule has 0 radical (unpaired) electrons. The van der Waals surface area contributed by atoms with Gasteiger partial charge in [0.1, 0.15) is 0 Å². The lowest BCUT2D eigenvalue weighted by atomic mass is 10.2. The van der Waals surface area contributed by atoms with E-state index in [1.807, 2.05) is 11.3 Å². The molecule has 4 nitrogen and oxygen atoms in total. The van der Waals surface area contributed by atoms with E-state index in [9.17, 15) is 0 Å². The van der Waals surface area contributed by atoms with E-state index in [4.69, 9.17) is 4.98 Å². The van der Waals surface area contributed by atoms with Crippen molar-refractivity contribution in [2.24, 2.45) is 0 Å². The maximum Gasteiger partial charge on any atom is 0.186 e. The molecule has 0 saturated heterocycles. The van der Waals surface area contributed by atoms with E-state index in [0.29, 0.717) is 12.1 Å². The molecule has 0 aliphatic carbocycles. The van der Waals surface area contributed by atoms with Crippen LogP contribution in [0.3, 0.4) is 0 Å². The summed E-state index contributed by atoms with van der Waals surface area (Å²) in [6.07, 6.45) is 0. The van der Waals surface area contributed by atoms with Crippen LogP contribution in [0.25, 0.3) is 0 Å². The number of aryl methyl sites for hydroxylation is 1. The van der Waals surface area contributed by atoms with E-state index in [-0.39, 0.29) is 0 Å². The molecule has 20 heavy (non-hydrogen) atoms. The Morgan fingerprint density at radius 3 is 2.40 bits per heavy atom. The molecule has 1 aromatic heterocycles. The van der Waals surface area contributed by atoms with Gasteiger partial charge in [0.15, 0.2) is 5.13 Å². The maximum atomic E-state index is 4.80. The second kappa shape index (κ2) is 7.96. The summed E-state index contributed by atoms with van der Waals surface area (Å²) < 4.78 is 0. The van der Waals surface area contributed by atoms with Gasteiger partial charge in [-0.1, -0.05) is 6.92 Å². The highest BCUT2D eigenvalue weighted by atomic mass is 32.1. The molecule has 116 valence electrons. The minimum Gasteiger partial charge on any atom is -0.344 e. The number of nitrogens with one attached hydrogen (secondary N) is 1. The number of thiazole rings is 1. The highest BCUT2D eigenvalue weighted by Gasteiger charge is 2.20. The zero-order chi connectivity index (χ0) is 15.3. The van der Waals surface area contributed by atoms with E-state index in [1.165, 1.54) is 4.88 Å². The topological polar surface area (TPSA) is 31.4 Å². The first-order valence-electron chi connectivity index (χ1n) is 7.52. The van der Waals surface area contributed by atoms with Crippen molar-refractivity contribution in [3.63, 3.8) is 0 Å². The second-order valence-electron chi connectivity index (χ2n) is 5.62. The molecule has 0 fully saturated rings. The number of likely N-dealkylation sites (N-methyl/N-ethyl adjacent to an activating group) is 2. The summed E-state index contributed by atoms with van der Waals surface area (Å²) in [5, 5.41) is 4.63. The van der Waals surface area contributed by atoms with Crippen LogP contribution < -0.4 is 10.2 Å². The summed E-state index contributed by atoms with van der Waals surface area (Å²) in [5.74, 6) is 0. The molecular formula is C15H30N4S. The molecule has 0 aliphatic rings. The van der Waals surface area contributed by atoms with Crippen LogP contribution in [0.4, 0.5) is 5.13 Å². The number of hydrogen-bond acceptors (Lipinski definition) is 5. The standard InChI is InChI=1S/C15H30N4S/c1-8-16-12(4)14-13(5)17-15(20-14)19(9-2)11(3)10-18(6)7/h11-12,16H,8-10H2,1-7H3. The van der Waals surface area contributed by atoms with Crippen LogP contribution in [-0.4, -0.2) is 49.7 Å². The lowest BCUT2D eigenvalue weighted by Crippen LogP contribution is -2.40. The first-order chi connectivity index (χ1) is 9.40. The van der Waals surface area contributed by atoms with Gasteiger partial charge in [0.2, 0.25) is 0 Å². The Hall–Kier alpha value is -0.650. The van der Waals surface area contributed by atoms with Gasteiger partial charge in [0.25, 0.3) is 0 Å². The largest absolute Gasteiger partial charge is 0.344 e. The SMILES string of the molecule is CCNC(C)c1sc(N(CC)C(C)CN(C)C)nc1C. The van der Waals surface area contributed by atoms with Gasteiger partial charge in [-0.25, -0.2) is 4.98 Å². The number of nitrogens with zero attached hydrogens (tertiary/aromatic N) is 3. The maximum absolute atomic E-state index is 4.80. The molecule has 0 bridgehead atoms. The van der Waals surface area contributed by atoms with Crippen molar-refractivity contribution < 1.29 is 0 Å². The van der Waals surface area contributed by atoms with Gasteiger partial charge in [0, 0.05) is 30.1 Å². The summed E-state index contributed by atoms with van der Waals surface area (Å²) in [6.45, 7) is 14.0. The molecular weight excluding hydrogens is 268 g/mol. The van der Waals surface area contributed by atoms with Gasteiger partial charge in [-0.15, -0.1) is 11.3 Å². The van der Waals surface area contributed by atoms with Crippen molar-refractivity contribution in [2.75, 3.05) is 38.6 Å². The van der Waals surface area contributed by atoms with Crippen LogP contribution in [0.1, 0.15) is 44.3 Å². The van der Waals surface area contributed by atoms with E-state index in [1.54, 1.807) is 0 Å². The minimum atomic E-state index is 0.383. The Morgan fingerprint density at radius 1 is 1.25 bits per heavy atom. The molecule has 1 heterocycles. The van der Waals surface area contributed by atoms with Crippen molar-refractivity contribution >= 4 is 16.5 Å². The molecule has 2 unspecified atom stereocenters. The van der Waals surface area contributed by atoms with Gasteiger partial charge in [0.05, 0.1) is 5.69 Å². The van der Waals surface area contributed by atoms with Crippen molar-refractivity contribution in [3.05, 3.63) is 10.6 Å². The summed E-state index contributed by atoms with van der Waals surface area (Å²) in [7, 11) is 4.24. The molecule has 0 saturated carbocycles. The first-order valence-corrected chi connectivity index (χ1v) is 8.34. The Morgan fingerprint density at radius 2 is 1.90 bits per heavy atom. The first kappa shape index (κ1) is 17.4. The average molecular weight is 298 g/mol. The predicted octanol–water partition coefficient (Wildman–Crippen LogP) is 2.90. The van der Waals surface area contributed by atoms with E-state index in [0.717, 1.165) is 30.5 Å². The fourth-order valence-corrected chi connectivity index (χ4v) is 3.84. The van der Waals surface area contributed by atoms with Crippen LogP contribution >= 0.6 is 11.3 Å². The minimum absolute atomic E-state index is 0.383. The quantitative estimate of drug-likeness (QED) is 0.799. The van der Waals surface area contributed by atoms with E-state index >= 15 is 0 Å². The van der Waals surface area contributed by atoms with Crippen LogP contribution in [0.15, 0.2) is 0 Å². The van der Waals surface area contributed by atoms with Gasteiger partial charge < -0.3 is 15.1 Å². The van der Waals surface area contributed by atoms with E-state index < -0.39 is 0 Å². The van der Waals surface area contributed by atoms with Crippen LogP contribution in [0.5, 0.6) is 0 Å². The van der Waals surface area contributed by atoms with Gasteiger partial charge in [-0.3, -0.25) is 0 Å². The summed E-state index contributed by atoms with van der Waals surface area (Å²) in [4.78, 5) is 10.8. The summed E-state index contributed by atoms with van der Waals surface area (Å²) in [6, 6.07) is 0.858. The van der Waals surface area contributed by atoms with Crippen LogP contribution in [0.2, 0.25) is 0 Å². The molecule has 1 N–H and O–H groups in total. The molecule has 5 heteroatoms. The zero-order valence-corrected chi connectivity index (χ0v) is 14.8. The molecule has 0 aromatic carbocycles. The highest BCUT2D eigenvalue weighted by Crippen LogP contribution is 2.31. The van der Waals surface area contributed by atoms with E-state index in [2.05, 4.69) is 63.8 Å². The van der Waals surface area contributed by atoms with Gasteiger partial charge in [-0.05, 0) is 48.3 Å². The number of hydrogen-bond donors (Lipinski definition) is 1. The number of anilines is 1. The number of rotatable bonds is 8. The molecule has 0 amide bonds. The van der Waals surface area contributed by atoms with Crippen LogP contribution in [-0.2, 0) is 0 Å². The third-order valence-electron chi connectivity index (χ3n) is 3.47. The lowest BCUT2D eigenvalue weighted by Gasteiger charge is -2.29. The Bertz CT molecular complexity index is 403. The van der Waals surface area contributed by atoms with Crippen LogP contribution in [0, 0.1) is 6.92 Å². The Balaban J connectivity index is 2.91. The van der Waals surface area contributed by atoms with Gasteiger partial charge >= 0.3 is 0 Å². The molecule has 1 aromatic rings. The third-order valence-corrected chi connectivity index (χ3v) is 4.85. The second-order valence-corrected chi connectivity index (χ2v) is 6.63. The van der Waals surface area contributed by atoms with Gasteiger partial charge in [-0.2, -0.15) is 0 Å². The lowest BCUT2D eigenvalue weighted by molar-refractivity contribution is 0.373. The molecule has 1 rings (SSSR count). The Labute approximate surface area is 128 Å². The zero-order valence-electron chi connectivity index (χ0n) is 14.0.